The standard InChI is InChI=1S/C26H28F4O/c1-3-4-15-5-6-17-14-18(8-7-16(17)13-15)19-9-10-20(24(28)23(19)27)21-11-12-22(31-2)26(30)25(21)29/h3-4,9-12,15-18H,5-8,13-14H2,1-2H3/t15-,16-,17-,18?/m1/s1. The highest BCUT2D eigenvalue weighted by Gasteiger charge is 2.36. The third kappa shape index (κ3) is 4.11. The third-order valence-corrected chi connectivity index (χ3v) is 7.23. The van der Waals surface area contributed by atoms with Gasteiger partial charge in [0.15, 0.2) is 23.2 Å². The van der Waals surface area contributed by atoms with Gasteiger partial charge in [-0.25, -0.2) is 13.2 Å². The van der Waals surface area contributed by atoms with E-state index in [1.165, 1.54) is 31.7 Å². The molecule has 0 bridgehead atoms. The summed E-state index contributed by atoms with van der Waals surface area (Å²) in [4.78, 5) is 0. The van der Waals surface area contributed by atoms with E-state index in [0.29, 0.717) is 23.3 Å². The highest BCUT2D eigenvalue weighted by Crippen LogP contribution is 2.48. The zero-order valence-electron chi connectivity index (χ0n) is 17.9. The van der Waals surface area contributed by atoms with E-state index in [1.807, 2.05) is 0 Å². The van der Waals surface area contributed by atoms with Crippen molar-refractivity contribution in [2.24, 2.45) is 17.8 Å². The van der Waals surface area contributed by atoms with Crippen LogP contribution in [-0.4, -0.2) is 7.11 Å². The van der Waals surface area contributed by atoms with Gasteiger partial charge in [0.25, 0.3) is 0 Å². The minimum atomic E-state index is -1.25. The predicted molar refractivity (Wildman–Crippen MR) is 114 cm³/mol. The van der Waals surface area contributed by atoms with E-state index in [2.05, 4.69) is 19.1 Å². The van der Waals surface area contributed by atoms with E-state index < -0.39 is 23.3 Å². The number of hydrogen-bond donors (Lipinski definition) is 0. The van der Waals surface area contributed by atoms with Crippen molar-refractivity contribution in [3.05, 3.63) is 65.2 Å². The number of halogens is 4. The third-order valence-electron chi connectivity index (χ3n) is 7.23. The molecule has 4 atom stereocenters. The van der Waals surface area contributed by atoms with Gasteiger partial charge in [0, 0.05) is 11.1 Å². The number of allylic oxidation sites excluding steroid dienone is 2. The van der Waals surface area contributed by atoms with Crippen molar-refractivity contribution < 1.29 is 22.3 Å². The Labute approximate surface area is 181 Å². The summed E-state index contributed by atoms with van der Waals surface area (Å²) in [6.45, 7) is 2.05. The van der Waals surface area contributed by atoms with E-state index in [0.717, 1.165) is 32.1 Å². The molecule has 2 aromatic carbocycles. The zero-order chi connectivity index (χ0) is 22.1. The molecule has 0 spiro atoms. The minimum Gasteiger partial charge on any atom is -0.494 e. The van der Waals surface area contributed by atoms with Crippen LogP contribution in [0.4, 0.5) is 17.6 Å². The number of methoxy groups -OCH3 is 1. The molecule has 0 heterocycles. The van der Waals surface area contributed by atoms with Crippen molar-refractivity contribution in [2.75, 3.05) is 7.11 Å². The second-order valence-electron chi connectivity index (χ2n) is 8.90. The lowest BCUT2D eigenvalue weighted by atomic mass is 9.64. The smallest absolute Gasteiger partial charge is 0.201 e. The predicted octanol–water partition coefficient (Wildman–Crippen LogP) is 7.79. The van der Waals surface area contributed by atoms with Crippen molar-refractivity contribution in [2.45, 2.75) is 51.4 Å². The molecule has 0 aliphatic heterocycles. The molecule has 0 N–H and O–H groups in total. The van der Waals surface area contributed by atoms with Gasteiger partial charge in [-0.3, -0.25) is 0 Å². The summed E-state index contributed by atoms with van der Waals surface area (Å²) in [5.74, 6) is -3.03. The lowest BCUT2D eigenvalue weighted by Gasteiger charge is -2.42. The van der Waals surface area contributed by atoms with Crippen LogP contribution in [0.2, 0.25) is 0 Å². The Balaban J connectivity index is 1.57. The van der Waals surface area contributed by atoms with E-state index >= 15 is 4.39 Å². The molecule has 2 saturated carbocycles. The van der Waals surface area contributed by atoms with Crippen LogP contribution in [0.3, 0.4) is 0 Å². The van der Waals surface area contributed by atoms with Crippen LogP contribution in [0.25, 0.3) is 11.1 Å². The fraction of sp³-hybridized carbons (Fsp3) is 0.462. The molecule has 0 aromatic heterocycles. The molecule has 31 heavy (non-hydrogen) atoms. The van der Waals surface area contributed by atoms with E-state index in [1.54, 1.807) is 6.07 Å². The molecule has 1 nitrogen and oxygen atoms in total. The fourth-order valence-corrected chi connectivity index (χ4v) is 5.64. The highest BCUT2D eigenvalue weighted by molar-refractivity contribution is 5.66. The first-order valence-corrected chi connectivity index (χ1v) is 11.1. The minimum absolute atomic E-state index is 0.0412. The number of ether oxygens (including phenoxy) is 1. The number of fused-ring (bicyclic) bond motifs is 1. The Kier molecular flexibility index (Phi) is 6.40. The van der Waals surface area contributed by atoms with Gasteiger partial charge in [-0.1, -0.05) is 24.3 Å². The first-order valence-electron chi connectivity index (χ1n) is 11.1. The Morgan fingerprint density at radius 3 is 2.13 bits per heavy atom. The average molecular weight is 433 g/mol. The maximum atomic E-state index is 15.1. The molecule has 2 aliphatic rings. The van der Waals surface area contributed by atoms with Gasteiger partial charge in [-0.15, -0.1) is 0 Å². The topological polar surface area (TPSA) is 9.23 Å². The fourth-order valence-electron chi connectivity index (χ4n) is 5.64. The lowest BCUT2D eigenvalue weighted by Crippen LogP contribution is -2.30. The summed E-state index contributed by atoms with van der Waals surface area (Å²) in [6, 6.07) is 5.34. The van der Waals surface area contributed by atoms with Gasteiger partial charge in [0.2, 0.25) is 5.82 Å². The molecule has 166 valence electrons. The summed E-state index contributed by atoms with van der Waals surface area (Å²) < 4.78 is 63.3. The second kappa shape index (κ2) is 9.05. The van der Waals surface area contributed by atoms with Crippen molar-refractivity contribution in [1.29, 1.82) is 0 Å². The van der Waals surface area contributed by atoms with Gasteiger partial charge in [-0.05, 0) is 86.8 Å². The Hall–Kier alpha value is -2.30. The molecule has 2 aromatic rings. The number of benzene rings is 2. The molecular formula is C26H28F4O. The van der Waals surface area contributed by atoms with Crippen LogP contribution in [0.15, 0.2) is 36.4 Å². The first-order chi connectivity index (χ1) is 14.9. The Morgan fingerprint density at radius 1 is 0.774 bits per heavy atom. The van der Waals surface area contributed by atoms with Gasteiger partial charge < -0.3 is 4.74 Å². The van der Waals surface area contributed by atoms with Crippen molar-refractivity contribution >= 4 is 0 Å². The summed E-state index contributed by atoms with van der Waals surface area (Å²) in [6.07, 6.45) is 10.6. The van der Waals surface area contributed by atoms with Crippen LogP contribution in [0.5, 0.6) is 5.75 Å². The van der Waals surface area contributed by atoms with E-state index in [9.17, 15) is 13.2 Å². The summed E-state index contributed by atoms with van der Waals surface area (Å²) in [7, 11) is 1.22. The van der Waals surface area contributed by atoms with Gasteiger partial charge in [-0.2, -0.15) is 4.39 Å². The molecular weight excluding hydrogens is 404 g/mol. The van der Waals surface area contributed by atoms with Crippen LogP contribution in [0, 0.1) is 41.0 Å². The lowest BCUT2D eigenvalue weighted by molar-refractivity contribution is 0.132. The van der Waals surface area contributed by atoms with E-state index in [4.69, 9.17) is 4.74 Å². The van der Waals surface area contributed by atoms with Gasteiger partial charge in [0.05, 0.1) is 7.11 Å². The van der Waals surface area contributed by atoms with Crippen LogP contribution < -0.4 is 4.74 Å². The molecule has 2 aliphatic carbocycles. The number of rotatable bonds is 4. The highest BCUT2D eigenvalue weighted by atomic mass is 19.2. The Bertz CT molecular complexity index is 984. The zero-order valence-corrected chi connectivity index (χ0v) is 17.9. The van der Waals surface area contributed by atoms with Crippen LogP contribution >= 0.6 is 0 Å². The second-order valence-corrected chi connectivity index (χ2v) is 8.90. The van der Waals surface area contributed by atoms with Gasteiger partial charge >= 0.3 is 0 Å². The quantitative estimate of drug-likeness (QED) is 0.354. The molecule has 0 saturated heterocycles. The molecule has 5 heteroatoms. The first kappa shape index (κ1) is 21.9. The van der Waals surface area contributed by atoms with E-state index in [-0.39, 0.29) is 22.8 Å². The maximum Gasteiger partial charge on any atom is 0.201 e. The SMILES string of the molecule is CC=C[C@@H]1CC[C@@H]2CC(c3ccc(-c4ccc(OC)c(F)c4F)c(F)c3F)CC[C@@H]2C1. The van der Waals surface area contributed by atoms with Gasteiger partial charge in [0.1, 0.15) is 0 Å². The monoisotopic (exact) mass is 432 g/mol. The molecule has 0 amide bonds. The number of hydrogen-bond acceptors (Lipinski definition) is 1. The van der Waals surface area contributed by atoms with Crippen molar-refractivity contribution in [3.8, 4) is 16.9 Å². The molecule has 1 unspecified atom stereocenters. The molecule has 4 rings (SSSR count). The van der Waals surface area contributed by atoms with Crippen molar-refractivity contribution in [1.82, 2.24) is 0 Å². The normalized spacial score (nSPS) is 26.1. The van der Waals surface area contributed by atoms with Crippen molar-refractivity contribution in [3.63, 3.8) is 0 Å². The summed E-state index contributed by atoms with van der Waals surface area (Å²) in [5.41, 5.74) is -0.238. The average Bonchev–Trinajstić information content (AvgIpc) is 2.78. The van der Waals surface area contributed by atoms with Crippen LogP contribution in [0.1, 0.15) is 56.9 Å². The molecule has 0 radical (unpaired) electrons. The largest absolute Gasteiger partial charge is 0.494 e. The van der Waals surface area contributed by atoms with Crippen LogP contribution in [-0.2, 0) is 0 Å². The molecule has 2 fully saturated rings. The summed E-state index contributed by atoms with van der Waals surface area (Å²) in [5, 5.41) is 0. The summed E-state index contributed by atoms with van der Waals surface area (Å²) >= 11 is 0. The Morgan fingerprint density at radius 2 is 1.42 bits per heavy atom. The maximum absolute atomic E-state index is 15.1.